The third-order valence-electron chi connectivity index (χ3n) is 2.66. The summed E-state index contributed by atoms with van der Waals surface area (Å²) in [5, 5.41) is 3.11. The number of carbonyl (C=O) groups is 1. The van der Waals surface area contributed by atoms with Gasteiger partial charge in [0.05, 0.1) is 6.33 Å². The molecule has 4 heteroatoms. The number of rotatable bonds is 2. The van der Waals surface area contributed by atoms with Gasteiger partial charge in [0, 0.05) is 23.5 Å². The lowest BCUT2D eigenvalue weighted by Gasteiger charge is -1.99. The zero-order valence-electron chi connectivity index (χ0n) is 9.25. The second-order valence-electron chi connectivity index (χ2n) is 3.90. The number of aryl methyl sites for hydroxylation is 1. The molecule has 2 heterocycles. The summed E-state index contributed by atoms with van der Waals surface area (Å²) in [4.78, 5) is 16.4. The molecule has 0 aliphatic heterocycles. The van der Waals surface area contributed by atoms with Gasteiger partial charge in [-0.25, -0.2) is 4.98 Å². The van der Waals surface area contributed by atoms with Crippen molar-refractivity contribution in [1.29, 1.82) is 0 Å². The van der Waals surface area contributed by atoms with Crippen molar-refractivity contribution in [3.63, 3.8) is 0 Å². The molecule has 0 N–H and O–H groups in total. The topological polar surface area (TPSA) is 34.9 Å². The van der Waals surface area contributed by atoms with Crippen LogP contribution < -0.4 is 0 Å². The molecule has 0 spiro atoms. The number of ketones is 1. The highest BCUT2D eigenvalue weighted by Crippen LogP contribution is 2.26. The Kier molecular flexibility index (Phi) is 2.30. The first-order valence-electron chi connectivity index (χ1n) is 5.24. The van der Waals surface area contributed by atoms with Crippen LogP contribution in [0, 0.1) is 0 Å². The molecule has 0 amide bonds. The van der Waals surface area contributed by atoms with Gasteiger partial charge in [-0.15, -0.1) is 11.3 Å². The van der Waals surface area contributed by atoms with Crippen LogP contribution in [-0.4, -0.2) is 15.3 Å². The van der Waals surface area contributed by atoms with Crippen molar-refractivity contribution in [2.75, 3.05) is 0 Å². The fraction of sp³-hybridized carbons (Fsp3) is 0.0769. The van der Waals surface area contributed by atoms with Crippen molar-refractivity contribution in [3.8, 4) is 0 Å². The SMILES string of the molecule is Cn1cnc(C(=O)c2cccc3ccsc23)c1. The number of aromatic nitrogens is 2. The summed E-state index contributed by atoms with van der Waals surface area (Å²) in [7, 11) is 1.86. The van der Waals surface area contributed by atoms with Crippen molar-refractivity contribution < 1.29 is 4.79 Å². The lowest BCUT2D eigenvalue weighted by Crippen LogP contribution is -2.01. The summed E-state index contributed by atoms with van der Waals surface area (Å²) in [5.41, 5.74) is 1.23. The van der Waals surface area contributed by atoms with E-state index in [1.165, 1.54) is 0 Å². The zero-order chi connectivity index (χ0) is 11.8. The van der Waals surface area contributed by atoms with E-state index in [4.69, 9.17) is 0 Å². The molecule has 0 aliphatic rings. The maximum atomic E-state index is 12.3. The van der Waals surface area contributed by atoms with E-state index < -0.39 is 0 Å². The zero-order valence-corrected chi connectivity index (χ0v) is 10.1. The number of imidazole rings is 1. The van der Waals surface area contributed by atoms with E-state index in [0.29, 0.717) is 5.69 Å². The monoisotopic (exact) mass is 242 g/mol. The van der Waals surface area contributed by atoms with E-state index >= 15 is 0 Å². The first-order chi connectivity index (χ1) is 8.25. The number of thiophene rings is 1. The first kappa shape index (κ1) is 10.2. The Labute approximate surface area is 102 Å². The van der Waals surface area contributed by atoms with E-state index in [2.05, 4.69) is 4.98 Å². The van der Waals surface area contributed by atoms with Gasteiger partial charge < -0.3 is 4.57 Å². The Morgan fingerprint density at radius 3 is 3.00 bits per heavy atom. The molecule has 84 valence electrons. The largest absolute Gasteiger partial charge is 0.340 e. The number of carbonyl (C=O) groups excluding carboxylic acids is 1. The van der Waals surface area contributed by atoms with Gasteiger partial charge in [-0.05, 0) is 22.9 Å². The molecule has 0 atom stereocenters. The highest BCUT2D eigenvalue weighted by atomic mass is 32.1. The van der Waals surface area contributed by atoms with Crippen molar-refractivity contribution in [3.05, 3.63) is 53.4 Å². The smallest absolute Gasteiger partial charge is 0.214 e. The van der Waals surface area contributed by atoms with Crippen molar-refractivity contribution >= 4 is 27.2 Å². The van der Waals surface area contributed by atoms with E-state index in [0.717, 1.165) is 15.6 Å². The third-order valence-corrected chi connectivity index (χ3v) is 3.62. The maximum absolute atomic E-state index is 12.3. The Morgan fingerprint density at radius 1 is 1.35 bits per heavy atom. The molecule has 0 saturated carbocycles. The van der Waals surface area contributed by atoms with Crippen LogP contribution in [0.3, 0.4) is 0 Å². The fourth-order valence-corrected chi connectivity index (χ4v) is 2.75. The van der Waals surface area contributed by atoms with Crippen LogP contribution in [0.1, 0.15) is 16.1 Å². The van der Waals surface area contributed by atoms with Crippen LogP contribution >= 0.6 is 11.3 Å². The molecule has 0 saturated heterocycles. The average Bonchev–Trinajstić information content (AvgIpc) is 2.95. The van der Waals surface area contributed by atoms with Crippen LogP contribution in [0.25, 0.3) is 10.1 Å². The first-order valence-corrected chi connectivity index (χ1v) is 6.12. The van der Waals surface area contributed by atoms with Crippen LogP contribution in [0.2, 0.25) is 0 Å². The maximum Gasteiger partial charge on any atom is 0.214 e. The van der Waals surface area contributed by atoms with E-state index in [9.17, 15) is 4.79 Å². The van der Waals surface area contributed by atoms with Crippen molar-refractivity contribution in [2.45, 2.75) is 0 Å². The van der Waals surface area contributed by atoms with Crippen LogP contribution in [0.5, 0.6) is 0 Å². The third kappa shape index (κ3) is 1.66. The minimum atomic E-state index is -0.0151. The minimum absolute atomic E-state index is 0.0151. The highest BCUT2D eigenvalue weighted by molar-refractivity contribution is 7.17. The van der Waals surface area contributed by atoms with E-state index in [-0.39, 0.29) is 5.78 Å². The Hall–Kier alpha value is -1.94. The van der Waals surface area contributed by atoms with Gasteiger partial charge in [0.15, 0.2) is 0 Å². The Bertz CT molecular complexity index is 696. The lowest BCUT2D eigenvalue weighted by atomic mass is 10.1. The standard InChI is InChI=1S/C13H10N2OS/c1-15-7-11(14-8-15)12(16)10-4-2-3-9-5-6-17-13(9)10/h2-8H,1H3. The van der Waals surface area contributed by atoms with Crippen molar-refractivity contribution in [1.82, 2.24) is 9.55 Å². The van der Waals surface area contributed by atoms with Crippen molar-refractivity contribution in [2.24, 2.45) is 7.05 Å². The molecular formula is C13H10N2OS. The molecule has 0 bridgehead atoms. The van der Waals surface area contributed by atoms with Gasteiger partial charge >= 0.3 is 0 Å². The number of fused-ring (bicyclic) bond motifs is 1. The number of benzene rings is 1. The summed E-state index contributed by atoms with van der Waals surface area (Å²) < 4.78 is 2.81. The van der Waals surface area contributed by atoms with Gasteiger partial charge in [-0.1, -0.05) is 12.1 Å². The molecule has 0 fully saturated rings. The second kappa shape index (κ2) is 3.82. The molecule has 0 radical (unpaired) electrons. The summed E-state index contributed by atoms with van der Waals surface area (Å²) in [6, 6.07) is 7.80. The van der Waals surface area contributed by atoms with Gasteiger partial charge in [-0.3, -0.25) is 4.79 Å². The number of hydrogen-bond acceptors (Lipinski definition) is 3. The van der Waals surface area contributed by atoms with Crippen LogP contribution in [-0.2, 0) is 7.05 Å². The lowest BCUT2D eigenvalue weighted by molar-refractivity contribution is 0.103. The predicted octanol–water partition coefficient (Wildman–Crippen LogP) is 2.87. The molecule has 2 aromatic heterocycles. The molecule has 3 aromatic rings. The Balaban J connectivity index is 2.15. The predicted molar refractivity (Wildman–Crippen MR) is 68.5 cm³/mol. The van der Waals surface area contributed by atoms with Gasteiger partial charge in [0.1, 0.15) is 5.69 Å². The van der Waals surface area contributed by atoms with E-state index in [1.54, 1.807) is 28.4 Å². The van der Waals surface area contributed by atoms with Crippen LogP contribution in [0.15, 0.2) is 42.2 Å². The second-order valence-corrected chi connectivity index (χ2v) is 4.81. The normalized spacial score (nSPS) is 10.9. The minimum Gasteiger partial charge on any atom is -0.340 e. The van der Waals surface area contributed by atoms with E-state index in [1.807, 2.05) is 36.7 Å². The van der Waals surface area contributed by atoms with Crippen LogP contribution in [0.4, 0.5) is 0 Å². The molecule has 0 aliphatic carbocycles. The summed E-state index contributed by atoms with van der Waals surface area (Å²) in [6.45, 7) is 0. The molecule has 3 nitrogen and oxygen atoms in total. The molecule has 1 aromatic carbocycles. The molecular weight excluding hydrogens is 232 g/mol. The van der Waals surface area contributed by atoms with Gasteiger partial charge in [0.2, 0.25) is 5.78 Å². The average molecular weight is 242 g/mol. The van der Waals surface area contributed by atoms with Gasteiger partial charge in [0.25, 0.3) is 0 Å². The number of nitrogens with zero attached hydrogens (tertiary/aromatic N) is 2. The van der Waals surface area contributed by atoms with Gasteiger partial charge in [-0.2, -0.15) is 0 Å². The summed E-state index contributed by atoms with van der Waals surface area (Å²) in [6.07, 6.45) is 3.39. The molecule has 0 unspecified atom stereocenters. The fourth-order valence-electron chi connectivity index (χ4n) is 1.84. The molecule has 17 heavy (non-hydrogen) atoms. The quantitative estimate of drug-likeness (QED) is 0.648. The Morgan fingerprint density at radius 2 is 2.24 bits per heavy atom. The molecule has 3 rings (SSSR count). The summed E-state index contributed by atoms with van der Waals surface area (Å²) >= 11 is 1.59. The highest BCUT2D eigenvalue weighted by Gasteiger charge is 2.15. The number of hydrogen-bond donors (Lipinski definition) is 0. The summed E-state index contributed by atoms with van der Waals surface area (Å²) in [5.74, 6) is -0.0151.